The zero-order valence-electron chi connectivity index (χ0n) is 17.5. The summed E-state index contributed by atoms with van der Waals surface area (Å²) in [6.07, 6.45) is 4.09. The molecule has 2 unspecified atom stereocenters. The standard InChI is InChI=1S/C23H30ClN3O2/c1-16-8-10-26(14-16)18-4-6-19(7-5-18)29-22-9-11-27(15-17(22)2)21-12-23(28-3)25-13-20(21)24/h4-7,12-13,16-17,22H,8-11,14-15H2,1-3H3/t16?,17?,22-/m1/s1. The molecule has 156 valence electrons. The van der Waals surface area contributed by atoms with Crippen molar-refractivity contribution in [3.8, 4) is 11.6 Å². The van der Waals surface area contributed by atoms with E-state index >= 15 is 0 Å². The summed E-state index contributed by atoms with van der Waals surface area (Å²) in [5.74, 6) is 2.71. The maximum atomic E-state index is 6.38. The first kappa shape index (κ1) is 20.1. The van der Waals surface area contributed by atoms with E-state index in [1.54, 1.807) is 13.3 Å². The molecule has 4 rings (SSSR count). The molecule has 2 aliphatic rings. The molecule has 2 fully saturated rings. The highest BCUT2D eigenvalue weighted by atomic mass is 35.5. The van der Waals surface area contributed by atoms with Crippen molar-refractivity contribution in [2.45, 2.75) is 32.8 Å². The maximum absolute atomic E-state index is 6.38. The van der Waals surface area contributed by atoms with Crippen LogP contribution in [-0.4, -0.2) is 44.4 Å². The smallest absolute Gasteiger partial charge is 0.215 e. The molecule has 0 bridgehead atoms. The van der Waals surface area contributed by atoms with Gasteiger partial charge in [-0.2, -0.15) is 0 Å². The Kier molecular flexibility index (Phi) is 6.04. The van der Waals surface area contributed by atoms with Gasteiger partial charge in [0, 0.05) is 50.3 Å². The molecule has 1 aromatic heterocycles. The minimum atomic E-state index is 0.200. The number of nitrogens with zero attached hydrogens (tertiary/aromatic N) is 3. The molecule has 0 aliphatic carbocycles. The minimum Gasteiger partial charge on any atom is -0.490 e. The molecule has 0 saturated carbocycles. The fourth-order valence-corrected chi connectivity index (χ4v) is 4.58. The largest absolute Gasteiger partial charge is 0.490 e. The summed E-state index contributed by atoms with van der Waals surface area (Å²) in [4.78, 5) is 8.93. The van der Waals surface area contributed by atoms with Crippen molar-refractivity contribution in [3.63, 3.8) is 0 Å². The predicted octanol–water partition coefficient (Wildman–Crippen LogP) is 4.88. The summed E-state index contributed by atoms with van der Waals surface area (Å²) in [7, 11) is 1.62. The number of hydrogen-bond donors (Lipinski definition) is 0. The van der Waals surface area contributed by atoms with Gasteiger partial charge in [-0.15, -0.1) is 0 Å². The molecule has 0 spiro atoms. The van der Waals surface area contributed by atoms with E-state index in [0.29, 0.717) is 16.8 Å². The quantitative estimate of drug-likeness (QED) is 0.695. The Morgan fingerprint density at radius 3 is 2.45 bits per heavy atom. The summed E-state index contributed by atoms with van der Waals surface area (Å²) in [6, 6.07) is 10.5. The second kappa shape index (κ2) is 8.70. The SMILES string of the molecule is COc1cc(N2CC[C@@H](Oc3ccc(N4CCC(C)C4)cc3)C(C)C2)c(Cl)cn1. The van der Waals surface area contributed by atoms with Crippen LogP contribution in [0.15, 0.2) is 36.5 Å². The van der Waals surface area contributed by atoms with Gasteiger partial charge in [0.25, 0.3) is 0 Å². The molecule has 3 atom stereocenters. The number of hydrogen-bond acceptors (Lipinski definition) is 5. The van der Waals surface area contributed by atoms with Gasteiger partial charge < -0.3 is 19.3 Å². The lowest BCUT2D eigenvalue weighted by atomic mass is 9.96. The van der Waals surface area contributed by atoms with E-state index in [2.05, 4.69) is 52.9 Å². The van der Waals surface area contributed by atoms with Gasteiger partial charge in [0.2, 0.25) is 5.88 Å². The molecular formula is C23H30ClN3O2. The Labute approximate surface area is 178 Å². The lowest BCUT2D eigenvalue weighted by Crippen LogP contribution is -2.44. The number of piperidine rings is 1. The first-order valence-corrected chi connectivity index (χ1v) is 10.9. The Morgan fingerprint density at radius 1 is 1.03 bits per heavy atom. The lowest BCUT2D eigenvalue weighted by Gasteiger charge is -2.38. The molecular weight excluding hydrogens is 386 g/mol. The number of ether oxygens (including phenoxy) is 2. The van der Waals surface area contributed by atoms with Crippen LogP contribution < -0.4 is 19.3 Å². The van der Waals surface area contributed by atoms with Crippen LogP contribution in [0, 0.1) is 11.8 Å². The van der Waals surface area contributed by atoms with E-state index in [1.165, 1.54) is 12.1 Å². The Morgan fingerprint density at radius 2 is 1.79 bits per heavy atom. The van der Waals surface area contributed by atoms with Crippen LogP contribution in [0.1, 0.15) is 26.7 Å². The summed E-state index contributed by atoms with van der Waals surface area (Å²) < 4.78 is 11.6. The van der Waals surface area contributed by atoms with Gasteiger partial charge in [-0.25, -0.2) is 4.98 Å². The lowest BCUT2D eigenvalue weighted by molar-refractivity contribution is 0.121. The van der Waals surface area contributed by atoms with Crippen molar-refractivity contribution in [3.05, 3.63) is 41.6 Å². The van der Waals surface area contributed by atoms with E-state index in [-0.39, 0.29) is 6.10 Å². The number of methoxy groups -OCH3 is 1. The van der Waals surface area contributed by atoms with Crippen LogP contribution in [0.3, 0.4) is 0 Å². The van der Waals surface area contributed by atoms with Crippen LogP contribution in [0.25, 0.3) is 0 Å². The van der Waals surface area contributed by atoms with Gasteiger partial charge in [0.05, 0.1) is 24.0 Å². The summed E-state index contributed by atoms with van der Waals surface area (Å²) in [5, 5.41) is 0.657. The highest BCUT2D eigenvalue weighted by molar-refractivity contribution is 6.33. The van der Waals surface area contributed by atoms with Crippen molar-refractivity contribution in [2.24, 2.45) is 11.8 Å². The van der Waals surface area contributed by atoms with Gasteiger partial charge in [0.15, 0.2) is 0 Å². The molecule has 0 N–H and O–H groups in total. The average Bonchev–Trinajstić information content (AvgIpc) is 3.17. The molecule has 2 aromatic rings. The third-order valence-electron chi connectivity index (χ3n) is 6.10. The first-order valence-electron chi connectivity index (χ1n) is 10.5. The number of benzene rings is 1. The van der Waals surface area contributed by atoms with E-state index in [4.69, 9.17) is 21.1 Å². The van der Waals surface area contributed by atoms with Crippen LogP contribution in [0.2, 0.25) is 5.02 Å². The molecule has 3 heterocycles. The Balaban J connectivity index is 1.37. The van der Waals surface area contributed by atoms with Crippen molar-refractivity contribution in [1.29, 1.82) is 0 Å². The number of pyridine rings is 1. The van der Waals surface area contributed by atoms with Gasteiger partial charge in [0.1, 0.15) is 11.9 Å². The molecule has 0 amide bonds. The highest BCUT2D eigenvalue weighted by Crippen LogP contribution is 2.33. The van der Waals surface area contributed by atoms with E-state index < -0.39 is 0 Å². The zero-order chi connectivity index (χ0) is 20.4. The Bertz CT molecular complexity index is 829. The monoisotopic (exact) mass is 415 g/mol. The fraction of sp³-hybridized carbons (Fsp3) is 0.522. The molecule has 29 heavy (non-hydrogen) atoms. The molecule has 6 heteroatoms. The number of aromatic nitrogens is 1. The highest BCUT2D eigenvalue weighted by Gasteiger charge is 2.29. The van der Waals surface area contributed by atoms with Crippen molar-refractivity contribution in [1.82, 2.24) is 4.98 Å². The predicted molar refractivity (Wildman–Crippen MR) is 119 cm³/mol. The van der Waals surface area contributed by atoms with Gasteiger partial charge >= 0.3 is 0 Å². The van der Waals surface area contributed by atoms with Gasteiger partial charge in [-0.3, -0.25) is 0 Å². The summed E-state index contributed by atoms with van der Waals surface area (Å²) in [6.45, 7) is 8.65. The van der Waals surface area contributed by atoms with E-state index in [9.17, 15) is 0 Å². The van der Waals surface area contributed by atoms with Gasteiger partial charge in [-0.1, -0.05) is 25.4 Å². The van der Waals surface area contributed by atoms with Crippen molar-refractivity contribution < 1.29 is 9.47 Å². The van der Waals surface area contributed by atoms with Crippen LogP contribution in [0.4, 0.5) is 11.4 Å². The number of halogens is 1. The minimum absolute atomic E-state index is 0.200. The normalized spacial score (nSPS) is 24.6. The average molecular weight is 416 g/mol. The number of rotatable bonds is 5. The summed E-state index contributed by atoms with van der Waals surface area (Å²) in [5.41, 5.74) is 2.28. The third-order valence-corrected chi connectivity index (χ3v) is 6.39. The second-order valence-electron chi connectivity index (χ2n) is 8.38. The summed E-state index contributed by atoms with van der Waals surface area (Å²) >= 11 is 6.38. The first-order chi connectivity index (χ1) is 14.0. The van der Waals surface area contributed by atoms with Crippen molar-refractivity contribution in [2.75, 3.05) is 43.1 Å². The molecule has 5 nitrogen and oxygen atoms in total. The maximum Gasteiger partial charge on any atom is 0.215 e. The van der Waals surface area contributed by atoms with Crippen molar-refractivity contribution >= 4 is 23.0 Å². The van der Waals surface area contributed by atoms with E-state index in [1.807, 2.05) is 6.07 Å². The molecule has 0 radical (unpaired) electrons. The third kappa shape index (κ3) is 4.55. The number of anilines is 2. The van der Waals surface area contributed by atoms with Crippen LogP contribution in [-0.2, 0) is 0 Å². The Hall–Kier alpha value is -2.14. The topological polar surface area (TPSA) is 37.8 Å². The molecule has 1 aromatic carbocycles. The van der Waals surface area contributed by atoms with Crippen LogP contribution >= 0.6 is 11.6 Å². The second-order valence-corrected chi connectivity index (χ2v) is 8.79. The fourth-order valence-electron chi connectivity index (χ4n) is 4.36. The zero-order valence-corrected chi connectivity index (χ0v) is 18.2. The van der Waals surface area contributed by atoms with E-state index in [0.717, 1.165) is 50.0 Å². The van der Waals surface area contributed by atoms with Crippen LogP contribution in [0.5, 0.6) is 11.6 Å². The molecule has 2 saturated heterocycles. The van der Waals surface area contributed by atoms with Gasteiger partial charge in [-0.05, 0) is 36.6 Å². The molecule has 2 aliphatic heterocycles.